The SMILES string of the molecule is CC(C)C1CCCCC1Nc1cc(Cl)c(Cl)cc1[N+](=O)[O-]. The fraction of sp³-hybridized carbons (Fsp3) is 0.600. The van der Waals surface area contributed by atoms with Gasteiger partial charge in [0.05, 0.1) is 15.0 Å². The summed E-state index contributed by atoms with van der Waals surface area (Å²) in [6.07, 6.45) is 4.56. The van der Waals surface area contributed by atoms with Crippen molar-refractivity contribution >= 4 is 34.6 Å². The fourth-order valence-electron chi connectivity index (χ4n) is 3.14. The molecule has 2 atom stereocenters. The third kappa shape index (κ3) is 3.80. The number of nitro groups is 1. The largest absolute Gasteiger partial charge is 0.376 e. The maximum absolute atomic E-state index is 11.2. The minimum Gasteiger partial charge on any atom is -0.376 e. The molecule has 1 N–H and O–H groups in total. The molecule has 116 valence electrons. The molecular formula is C15H20Cl2N2O2. The highest BCUT2D eigenvalue weighted by atomic mass is 35.5. The number of hydrogen-bond donors (Lipinski definition) is 1. The van der Waals surface area contributed by atoms with Gasteiger partial charge < -0.3 is 5.32 Å². The van der Waals surface area contributed by atoms with Gasteiger partial charge in [0.15, 0.2) is 0 Å². The van der Waals surface area contributed by atoms with Gasteiger partial charge in [0.25, 0.3) is 5.69 Å². The van der Waals surface area contributed by atoms with E-state index in [1.54, 1.807) is 6.07 Å². The average Bonchev–Trinajstić information content (AvgIpc) is 2.42. The van der Waals surface area contributed by atoms with Crippen LogP contribution in [-0.2, 0) is 0 Å². The number of nitrogens with one attached hydrogen (secondary N) is 1. The molecule has 0 aromatic heterocycles. The van der Waals surface area contributed by atoms with Crippen LogP contribution in [0.2, 0.25) is 10.0 Å². The number of benzene rings is 1. The number of hydrogen-bond acceptors (Lipinski definition) is 3. The first-order chi connectivity index (χ1) is 9.90. The highest BCUT2D eigenvalue weighted by molar-refractivity contribution is 6.42. The highest BCUT2D eigenvalue weighted by Gasteiger charge is 2.29. The van der Waals surface area contributed by atoms with E-state index in [9.17, 15) is 10.1 Å². The Kier molecular flexibility index (Phi) is 5.33. The molecule has 1 aliphatic carbocycles. The van der Waals surface area contributed by atoms with E-state index in [1.807, 2.05) is 0 Å². The second kappa shape index (κ2) is 6.84. The quantitative estimate of drug-likeness (QED) is 0.583. The first kappa shape index (κ1) is 16.4. The molecule has 21 heavy (non-hydrogen) atoms. The molecule has 1 fully saturated rings. The molecular weight excluding hydrogens is 311 g/mol. The summed E-state index contributed by atoms with van der Waals surface area (Å²) in [7, 11) is 0. The Hall–Kier alpha value is -1.00. The second-order valence-corrected chi connectivity index (χ2v) is 6.80. The Bertz CT molecular complexity index is 535. The molecule has 4 nitrogen and oxygen atoms in total. The summed E-state index contributed by atoms with van der Waals surface area (Å²) in [5.41, 5.74) is 0.449. The standard InChI is InChI=1S/C15H20Cl2N2O2/c1-9(2)10-5-3-4-6-13(10)18-14-7-11(16)12(17)8-15(14)19(20)21/h7-10,13,18H,3-6H2,1-2H3. The van der Waals surface area contributed by atoms with E-state index in [4.69, 9.17) is 23.2 Å². The van der Waals surface area contributed by atoms with E-state index in [1.165, 1.54) is 12.5 Å². The summed E-state index contributed by atoms with van der Waals surface area (Å²) < 4.78 is 0. The lowest BCUT2D eigenvalue weighted by atomic mass is 9.77. The minimum absolute atomic E-state index is 0.0162. The Labute approximate surface area is 135 Å². The van der Waals surface area contributed by atoms with Crippen LogP contribution in [0.25, 0.3) is 0 Å². The van der Waals surface area contributed by atoms with Gasteiger partial charge in [0.1, 0.15) is 5.69 Å². The molecule has 0 aliphatic heterocycles. The van der Waals surface area contributed by atoms with Crippen molar-refractivity contribution in [1.82, 2.24) is 0 Å². The molecule has 0 radical (unpaired) electrons. The van der Waals surface area contributed by atoms with E-state index in [-0.39, 0.29) is 16.8 Å². The van der Waals surface area contributed by atoms with E-state index >= 15 is 0 Å². The second-order valence-electron chi connectivity index (χ2n) is 5.98. The lowest BCUT2D eigenvalue weighted by Crippen LogP contribution is -2.35. The summed E-state index contributed by atoms with van der Waals surface area (Å²) in [6, 6.07) is 3.13. The van der Waals surface area contributed by atoms with Gasteiger partial charge in [-0.3, -0.25) is 10.1 Å². The van der Waals surface area contributed by atoms with Crippen LogP contribution in [0.15, 0.2) is 12.1 Å². The van der Waals surface area contributed by atoms with Crippen LogP contribution in [0, 0.1) is 22.0 Å². The monoisotopic (exact) mass is 330 g/mol. The molecule has 6 heteroatoms. The van der Waals surface area contributed by atoms with Gasteiger partial charge in [0, 0.05) is 12.1 Å². The van der Waals surface area contributed by atoms with Crippen molar-refractivity contribution in [2.75, 3.05) is 5.32 Å². The number of rotatable bonds is 4. The van der Waals surface area contributed by atoms with Crippen molar-refractivity contribution < 1.29 is 4.92 Å². The maximum Gasteiger partial charge on any atom is 0.293 e. The normalized spacial score (nSPS) is 22.3. The van der Waals surface area contributed by atoms with Gasteiger partial charge >= 0.3 is 0 Å². The van der Waals surface area contributed by atoms with E-state index < -0.39 is 4.92 Å². The summed E-state index contributed by atoms with van der Waals surface area (Å²) >= 11 is 11.9. The molecule has 1 saturated carbocycles. The van der Waals surface area contributed by atoms with Crippen molar-refractivity contribution in [3.63, 3.8) is 0 Å². The predicted octanol–water partition coefficient (Wildman–Crippen LogP) is 5.53. The number of halogens is 2. The van der Waals surface area contributed by atoms with E-state index in [0.29, 0.717) is 22.5 Å². The van der Waals surface area contributed by atoms with E-state index in [0.717, 1.165) is 19.3 Å². The van der Waals surface area contributed by atoms with Crippen molar-refractivity contribution in [3.05, 3.63) is 32.3 Å². The zero-order valence-electron chi connectivity index (χ0n) is 12.2. The van der Waals surface area contributed by atoms with Gasteiger partial charge in [-0.15, -0.1) is 0 Å². The lowest BCUT2D eigenvalue weighted by Gasteiger charge is -2.35. The van der Waals surface area contributed by atoms with Crippen LogP contribution in [0.5, 0.6) is 0 Å². The third-order valence-corrected chi connectivity index (χ3v) is 4.97. The van der Waals surface area contributed by atoms with Crippen LogP contribution < -0.4 is 5.32 Å². The molecule has 0 saturated heterocycles. The smallest absolute Gasteiger partial charge is 0.293 e. The molecule has 0 spiro atoms. The number of nitro benzene ring substituents is 1. The molecule has 2 rings (SSSR count). The molecule has 0 heterocycles. The summed E-state index contributed by atoms with van der Waals surface area (Å²) in [5.74, 6) is 1.07. The molecule has 2 unspecified atom stereocenters. The molecule has 0 amide bonds. The number of nitrogens with zero attached hydrogens (tertiary/aromatic N) is 1. The molecule has 1 aromatic carbocycles. The Morgan fingerprint density at radius 1 is 1.24 bits per heavy atom. The van der Waals surface area contributed by atoms with Gasteiger partial charge in [-0.05, 0) is 30.7 Å². The van der Waals surface area contributed by atoms with Gasteiger partial charge in [0.2, 0.25) is 0 Å². The van der Waals surface area contributed by atoms with Crippen molar-refractivity contribution in [3.8, 4) is 0 Å². The number of anilines is 1. The third-order valence-electron chi connectivity index (χ3n) is 4.25. The first-order valence-corrected chi connectivity index (χ1v) is 8.05. The van der Waals surface area contributed by atoms with Crippen LogP contribution in [0.3, 0.4) is 0 Å². The maximum atomic E-state index is 11.2. The topological polar surface area (TPSA) is 55.2 Å². The van der Waals surface area contributed by atoms with Crippen molar-refractivity contribution in [1.29, 1.82) is 0 Å². The highest BCUT2D eigenvalue weighted by Crippen LogP contribution is 2.38. The van der Waals surface area contributed by atoms with Crippen molar-refractivity contribution in [2.24, 2.45) is 11.8 Å². The minimum atomic E-state index is -0.419. The Morgan fingerprint density at radius 3 is 2.48 bits per heavy atom. The van der Waals surface area contributed by atoms with Gasteiger partial charge in [-0.1, -0.05) is 49.9 Å². The van der Waals surface area contributed by atoms with Crippen LogP contribution >= 0.6 is 23.2 Å². The molecule has 1 aromatic rings. The van der Waals surface area contributed by atoms with Gasteiger partial charge in [-0.2, -0.15) is 0 Å². The molecule has 1 aliphatic rings. The Balaban J connectivity index is 2.29. The zero-order chi connectivity index (χ0) is 15.6. The predicted molar refractivity (Wildman–Crippen MR) is 87.3 cm³/mol. The van der Waals surface area contributed by atoms with Crippen LogP contribution in [0.1, 0.15) is 39.5 Å². The zero-order valence-corrected chi connectivity index (χ0v) is 13.7. The summed E-state index contributed by atoms with van der Waals surface area (Å²) in [4.78, 5) is 10.8. The summed E-state index contributed by atoms with van der Waals surface area (Å²) in [5, 5.41) is 15.1. The Morgan fingerprint density at radius 2 is 1.86 bits per heavy atom. The van der Waals surface area contributed by atoms with E-state index in [2.05, 4.69) is 19.2 Å². The van der Waals surface area contributed by atoms with Crippen LogP contribution in [0.4, 0.5) is 11.4 Å². The van der Waals surface area contributed by atoms with Gasteiger partial charge in [-0.25, -0.2) is 0 Å². The lowest BCUT2D eigenvalue weighted by molar-refractivity contribution is -0.384. The van der Waals surface area contributed by atoms with Crippen LogP contribution in [-0.4, -0.2) is 11.0 Å². The fourth-order valence-corrected chi connectivity index (χ4v) is 3.46. The average molecular weight is 331 g/mol. The molecule has 0 bridgehead atoms. The van der Waals surface area contributed by atoms with Crippen molar-refractivity contribution in [2.45, 2.75) is 45.6 Å². The first-order valence-electron chi connectivity index (χ1n) is 7.30. The summed E-state index contributed by atoms with van der Waals surface area (Å²) in [6.45, 7) is 4.40.